The molecule has 37 heavy (non-hydrogen) atoms. The van der Waals surface area contributed by atoms with E-state index in [2.05, 4.69) is 4.72 Å². The molecule has 1 unspecified atom stereocenters. The molecule has 0 saturated carbocycles. The Morgan fingerprint density at radius 2 is 1.54 bits per heavy atom. The van der Waals surface area contributed by atoms with Crippen LogP contribution in [0.1, 0.15) is 43.8 Å². The minimum Gasteiger partial charge on any atom is -1.00 e. The van der Waals surface area contributed by atoms with Crippen molar-refractivity contribution in [2.75, 3.05) is 6.79 Å². The van der Waals surface area contributed by atoms with E-state index in [9.17, 15) is 13.2 Å². The molecule has 186 valence electrons. The van der Waals surface area contributed by atoms with Gasteiger partial charge in [-0.25, -0.2) is 13.1 Å². The van der Waals surface area contributed by atoms with E-state index in [1.165, 1.54) is 12.1 Å². The quantitative estimate of drug-likeness (QED) is 0.364. The van der Waals surface area contributed by atoms with E-state index in [1.807, 2.05) is 56.3 Å². The molecule has 4 aromatic carbocycles. The van der Waals surface area contributed by atoms with Crippen LogP contribution < -0.4 is 65.6 Å². The minimum atomic E-state index is -4.05. The van der Waals surface area contributed by atoms with Gasteiger partial charge >= 0.3 is 51.4 Å². The van der Waals surface area contributed by atoms with Gasteiger partial charge in [0.25, 0.3) is 10.0 Å². The monoisotopic (exact) mass is 541 g/mol. The van der Waals surface area contributed by atoms with Gasteiger partial charge in [0.05, 0.1) is 10.8 Å². The topological polar surface area (TPSA) is 81.7 Å². The molecule has 0 fully saturated rings. The maximum atomic E-state index is 13.5. The molecule has 0 radical (unpaired) electrons. The number of sulfonamides is 1. The summed E-state index contributed by atoms with van der Waals surface area (Å²) in [5.41, 5.74) is 2.59. The number of carbonyl (C=O) groups excluding carboxylic acids is 1. The van der Waals surface area contributed by atoms with Gasteiger partial charge in [-0.2, -0.15) is 0 Å². The number of amides is 1. The average molecular weight is 542 g/mol. The molecule has 1 N–H and O–H groups in total. The van der Waals surface area contributed by atoms with Gasteiger partial charge in [-0.05, 0) is 64.1 Å². The van der Waals surface area contributed by atoms with Crippen LogP contribution in [0, 0.1) is 0 Å². The molecule has 5 rings (SSSR count). The van der Waals surface area contributed by atoms with E-state index >= 15 is 0 Å². The Morgan fingerprint density at radius 1 is 0.865 bits per heavy atom. The van der Waals surface area contributed by atoms with E-state index in [0.717, 1.165) is 21.9 Å². The van der Waals surface area contributed by atoms with Crippen molar-refractivity contribution in [2.24, 2.45) is 0 Å². The number of hydrogen-bond donors (Lipinski definition) is 1. The molecule has 0 aromatic heterocycles. The van der Waals surface area contributed by atoms with E-state index in [-0.39, 0.29) is 70.4 Å². The first-order valence-electron chi connectivity index (χ1n) is 11.8. The summed E-state index contributed by atoms with van der Waals surface area (Å²) in [5, 5.41) is 2.15. The fraction of sp³-hybridized carbons (Fsp3) is 0.207. The zero-order valence-corrected chi connectivity index (χ0v) is 25.0. The second-order valence-electron chi connectivity index (χ2n) is 9.24. The van der Waals surface area contributed by atoms with Gasteiger partial charge in [0.1, 0.15) is 0 Å². The van der Waals surface area contributed by atoms with Gasteiger partial charge in [0, 0.05) is 0 Å². The smallest absolute Gasteiger partial charge is 1.00 e. The molecule has 1 atom stereocenters. The molecular weight excluding hydrogens is 513 g/mol. The van der Waals surface area contributed by atoms with Crippen molar-refractivity contribution in [3.05, 3.63) is 102 Å². The van der Waals surface area contributed by atoms with Crippen LogP contribution in [0.3, 0.4) is 0 Å². The summed E-state index contributed by atoms with van der Waals surface area (Å²) in [7, 11) is -4.05. The van der Waals surface area contributed by atoms with E-state index in [4.69, 9.17) is 9.47 Å². The van der Waals surface area contributed by atoms with Crippen LogP contribution in [-0.2, 0) is 21.2 Å². The molecule has 1 aliphatic rings. The predicted octanol–water partition coefficient (Wildman–Crippen LogP) is 2.64. The third kappa shape index (κ3) is 6.27. The van der Waals surface area contributed by atoms with Crippen molar-refractivity contribution in [2.45, 2.75) is 37.0 Å². The molecule has 6 nitrogen and oxygen atoms in total. The summed E-state index contributed by atoms with van der Waals surface area (Å²) in [5.74, 6) is 0.0476. The molecule has 0 bridgehead atoms. The zero-order valence-electron chi connectivity index (χ0n) is 22.1. The molecular formula is C29H28KNO5S. The Hall–Kier alpha value is -2.20. The fourth-order valence-electron chi connectivity index (χ4n) is 4.39. The van der Waals surface area contributed by atoms with Crippen molar-refractivity contribution in [1.82, 2.24) is 4.72 Å². The van der Waals surface area contributed by atoms with Gasteiger partial charge in [0.2, 0.25) is 12.7 Å². The summed E-state index contributed by atoms with van der Waals surface area (Å²) in [6.07, 6.45) is 0.318. The van der Waals surface area contributed by atoms with Crippen molar-refractivity contribution < 1.29 is 75.5 Å². The van der Waals surface area contributed by atoms with Crippen LogP contribution in [-0.4, -0.2) is 21.1 Å². The first kappa shape index (κ1) is 27.8. The molecule has 0 aliphatic carbocycles. The Bertz CT molecular complexity index is 1540. The third-order valence-corrected chi connectivity index (χ3v) is 7.82. The van der Waals surface area contributed by atoms with Gasteiger partial charge in [0.15, 0.2) is 11.5 Å². The van der Waals surface area contributed by atoms with Crippen molar-refractivity contribution in [3.63, 3.8) is 0 Å². The van der Waals surface area contributed by atoms with Crippen molar-refractivity contribution >= 4 is 26.7 Å². The van der Waals surface area contributed by atoms with Crippen LogP contribution in [0.5, 0.6) is 11.5 Å². The Kier molecular flexibility index (Phi) is 8.78. The van der Waals surface area contributed by atoms with E-state index in [1.54, 1.807) is 30.3 Å². The zero-order chi connectivity index (χ0) is 25.3. The van der Waals surface area contributed by atoms with Gasteiger partial charge < -0.3 is 10.9 Å². The molecule has 8 heteroatoms. The van der Waals surface area contributed by atoms with Crippen LogP contribution in [0.4, 0.5) is 0 Å². The van der Waals surface area contributed by atoms with E-state index in [0.29, 0.717) is 23.5 Å². The molecule has 1 aliphatic heterocycles. The second-order valence-corrected chi connectivity index (χ2v) is 10.9. The Labute approximate surface area is 261 Å². The molecule has 4 aromatic rings. The number of hydrogen-bond acceptors (Lipinski definition) is 5. The number of rotatable bonds is 7. The third-order valence-electron chi connectivity index (χ3n) is 6.46. The van der Waals surface area contributed by atoms with Crippen molar-refractivity contribution in [3.8, 4) is 11.5 Å². The fourth-order valence-corrected chi connectivity index (χ4v) is 5.41. The average Bonchev–Trinajstić information content (AvgIpc) is 3.35. The minimum absolute atomic E-state index is 0. The first-order valence-corrected chi connectivity index (χ1v) is 13.3. The maximum Gasteiger partial charge on any atom is 1.00 e. The summed E-state index contributed by atoms with van der Waals surface area (Å²) < 4.78 is 39.4. The predicted molar refractivity (Wildman–Crippen MR) is 140 cm³/mol. The standard InChI is InChI=1S/C29H27NO5S.K.H/c1-19(2)21-9-12-25(13-10-21)36(32,33)30-29(31)26(24-11-14-27-28(17-24)35-18-34-27)16-20-7-8-22-5-3-4-6-23(22)15-20;;/h3-15,17,19,26H,16,18H2,1-2H3,(H,30,31);;/q;+1;-1. The van der Waals surface area contributed by atoms with Gasteiger partial charge in [-0.15, -0.1) is 0 Å². The SMILES string of the molecule is CC(C)c1ccc(S(=O)(=O)NC(=O)C(Cc2ccc3ccccc3c2)c2ccc3c(c2)OCO3)cc1.[H-].[K+]. The number of nitrogens with one attached hydrogen (secondary N) is 1. The number of carbonyl (C=O) groups is 1. The Morgan fingerprint density at radius 3 is 2.27 bits per heavy atom. The normalized spacial score (nSPS) is 13.3. The molecule has 0 spiro atoms. The largest absolute Gasteiger partial charge is 1.00 e. The number of ether oxygens (including phenoxy) is 2. The Balaban J connectivity index is 0.00000200. The van der Waals surface area contributed by atoms with Crippen molar-refractivity contribution in [1.29, 1.82) is 0 Å². The molecule has 1 amide bonds. The van der Waals surface area contributed by atoms with Gasteiger partial charge in [-0.3, -0.25) is 4.79 Å². The summed E-state index contributed by atoms with van der Waals surface area (Å²) in [6.45, 7) is 4.18. The summed E-state index contributed by atoms with van der Waals surface area (Å²) in [4.78, 5) is 13.6. The molecule has 1 heterocycles. The summed E-state index contributed by atoms with van der Waals surface area (Å²) in [6, 6.07) is 25.9. The number of benzene rings is 4. The number of fused-ring (bicyclic) bond motifs is 2. The summed E-state index contributed by atoms with van der Waals surface area (Å²) >= 11 is 0. The first-order chi connectivity index (χ1) is 17.3. The molecule has 0 saturated heterocycles. The van der Waals surface area contributed by atoms with E-state index < -0.39 is 21.8 Å². The van der Waals surface area contributed by atoms with Crippen LogP contribution in [0.25, 0.3) is 10.8 Å². The van der Waals surface area contributed by atoms with Crippen LogP contribution in [0.2, 0.25) is 0 Å². The van der Waals surface area contributed by atoms with Gasteiger partial charge in [-0.1, -0.05) is 74.5 Å². The van der Waals surface area contributed by atoms with Crippen LogP contribution >= 0.6 is 0 Å². The maximum absolute atomic E-state index is 13.5. The second kappa shape index (κ2) is 11.7. The van der Waals surface area contributed by atoms with Crippen LogP contribution in [0.15, 0.2) is 89.8 Å².